The summed E-state index contributed by atoms with van der Waals surface area (Å²) in [5, 5.41) is 12.4. The molecule has 2 N–H and O–H groups in total. The summed E-state index contributed by atoms with van der Waals surface area (Å²) in [4.78, 5) is 0. The number of aliphatic hydroxyl groups is 1. The van der Waals surface area contributed by atoms with Crippen molar-refractivity contribution in [1.29, 1.82) is 0 Å². The SMILES string of the molecule is CN[C@@]1(C)CCCC[C@H]1CO. The highest BCUT2D eigenvalue weighted by Crippen LogP contribution is 2.32. The van der Waals surface area contributed by atoms with Crippen LogP contribution < -0.4 is 5.32 Å². The first-order valence-corrected chi connectivity index (χ1v) is 4.52. The van der Waals surface area contributed by atoms with Crippen LogP contribution in [-0.2, 0) is 0 Å². The van der Waals surface area contributed by atoms with Crippen LogP contribution in [0.2, 0.25) is 0 Å². The molecule has 0 saturated heterocycles. The van der Waals surface area contributed by atoms with Crippen LogP contribution in [0.4, 0.5) is 0 Å². The van der Waals surface area contributed by atoms with Crippen molar-refractivity contribution >= 4 is 0 Å². The molecule has 0 bridgehead atoms. The lowest BCUT2D eigenvalue weighted by atomic mass is 9.74. The number of rotatable bonds is 2. The van der Waals surface area contributed by atoms with Gasteiger partial charge in [0.2, 0.25) is 0 Å². The third-order valence-corrected chi connectivity index (χ3v) is 3.19. The van der Waals surface area contributed by atoms with Gasteiger partial charge in [-0.3, -0.25) is 0 Å². The van der Waals surface area contributed by atoms with E-state index < -0.39 is 0 Å². The van der Waals surface area contributed by atoms with Crippen LogP contribution in [0.15, 0.2) is 0 Å². The lowest BCUT2D eigenvalue weighted by Gasteiger charge is -2.40. The molecule has 1 aliphatic carbocycles. The van der Waals surface area contributed by atoms with Crippen molar-refractivity contribution in [2.75, 3.05) is 13.7 Å². The average molecular weight is 157 g/mol. The van der Waals surface area contributed by atoms with E-state index in [1.165, 1.54) is 25.7 Å². The van der Waals surface area contributed by atoms with E-state index >= 15 is 0 Å². The zero-order chi connectivity index (χ0) is 8.32. The maximum Gasteiger partial charge on any atom is 0.0476 e. The van der Waals surface area contributed by atoms with Gasteiger partial charge in [-0.15, -0.1) is 0 Å². The molecule has 1 rings (SSSR count). The predicted molar refractivity (Wildman–Crippen MR) is 46.5 cm³/mol. The maximum atomic E-state index is 9.12. The van der Waals surface area contributed by atoms with Crippen molar-refractivity contribution < 1.29 is 5.11 Å². The van der Waals surface area contributed by atoms with E-state index in [1.54, 1.807) is 0 Å². The highest BCUT2D eigenvalue weighted by molar-refractivity contribution is 4.91. The summed E-state index contributed by atoms with van der Waals surface area (Å²) >= 11 is 0. The zero-order valence-corrected chi connectivity index (χ0v) is 7.56. The van der Waals surface area contributed by atoms with Gasteiger partial charge in [-0.05, 0) is 32.7 Å². The molecule has 0 aliphatic heterocycles. The largest absolute Gasteiger partial charge is 0.396 e. The first-order valence-electron chi connectivity index (χ1n) is 4.52. The monoisotopic (exact) mass is 157 g/mol. The van der Waals surface area contributed by atoms with Crippen LogP contribution in [0.25, 0.3) is 0 Å². The first-order chi connectivity index (χ1) is 5.23. The summed E-state index contributed by atoms with van der Waals surface area (Å²) in [6, 6.07) is 0. The van der Waals surface area contributed by atoms with Crippen molar-refractivity contribution in [3.63, 3.8) is 0 Å². The second-order valence-corrected chi connectivity index (χ2v) is 3.79. The molecule has 1 saturated carbocycles. The number of aliphatic hydroxyl groups excluding tert-OH is 1. The molecule has 0 aromatic heterocycles. The van der Waals surface area contributed by atoms with E-state index in [9.17, 15) is 0 Å². The Morgan fingerprint density at radius 2 is 2.27 bits per heavy atom. The maximum absolute atomic E-state index is 9.12. The van der Waals surface area contributed by atoms with Crippen LogP contribution in [0.5, 0.6) is 0 Å². The normalized spacial score (nSPS) is 39.0. The topological polar surface area (TPSA) is 32.3 Å². The summed E-state index contributed by atoms with van der Waals surface area (Å²) in [5.41, 5.74) is 0.188. The molecule has 2 nitrogen and oxygen atoms in total. The molecule has 0 aromatic rings. The summed E-state index contributed by atoms with van der Waals surface area (Å²) < 4.78 is 0. The van der Waals surface area contributed by atoms with Gasteiger partial charge in [0.05, 0.1) is 0 Å². The van der Waals surface area contributed by atoms with Crippen molar-refractivity contribution in [2.24, 2.45) is 5.92 Å². The minimum atomic E-state index is 0.188. The Morgan fingerprint density at radius 1 is 1.55 bits per heavy atom. The Hall–Kier alpha value is -0.0800. The summed E-state index contributed by atoms with van der Waals surface area (Å²) in [6.45, 7) is 2.55. The first kappa shape index (κ1) is 9.01. The van der Waals surface area contributed by atoms with Gasteiger partial charge in [0, 0.05) is 12.1 Å². The van der Waals surface area contributed by atoms with Gasteiger partial charge in [0.25, 0.3) is 0 Å². The molecule has 66 valence electrons. The fraction of sp³-hybridized carbons (Fsp3) is 1.00. The zero-order valence-electron chi connectivity index (χ0n) is 7.56. The lowest BCUT2D eigenvalue weighted by Crippen LogP contribution is -2.50. The minimum absolute atomic E-state index is 0.188. The molecule has 0 unspecified atom stereocenters. The molecule has 11 heavy (non-hydrogen) atoms. The Morgan fingerprint density at radius 3 is 2.73 bits per heavy atom. The van der Waals surface area contributed by atoms with Crippen LogP contribution >= 0.6 is 0 Å². The van der Waals surface area contributed by atoms with Gasteiger partial charge in [-0.1, -0.05) is 12.8 Å². The van der Waals surface area contributed by atoms with Crippen LogP contribution in [0.3, 0.4) is 0 Å². The van der Waals surface area contributed by atoms with Crippen molar-refractivity contribution in [3.8, 4) is 0 Å². The molecular formula is C9H19NO. The number of hydrogen-bond acceptors (Lipinski definition) is 2. The lowest BCUT2D eigenvalue weighted by molar-refractivity contribution is 0.0989. The molecule has 0 spiro atoms. The summed E-state index contributed by atoms with van der Waals surface area (Å²) in [7, 11) is 1.99. The highest BCUT2D eigenvalue weighted by Gasteiger charge is 2.34. The van der Waals surface area contributed by atoms with E-state index in [2.05, 4.69) is 12.2 Å². The van der Waals surface area contributed by atoms with Gasteiger partial charge in [-0.2, -0.15) is 0 Å². The van der Waals surface area contributed by atoms with Gasteiger partial charge >= 0.3 is 0 Å². The quantitative estimate of drug-likeness (QED) is 0.630. The smallest absolute Gasteiger partial charge is 0.0476 e. The van der Waals surface area contributed by atoms with E-state index in [-0.39, 0.29) is 5.54 Å². The standard InChI is InChI=1S/C9H19NO/c1-9(10-2)6-4-3-5-8(9)7-11/h8,10-11H,3-7H2,1-2H3/t8-,9-/m0/s1. The Kier molecular flexibility index (Phi) is 2.90. The molecular weight excluding hydrogens is 138 g/mol. The summed E-state index contributed by atoms with van der Waals surface area (Å²) in [5.74, 6) is 0.459. The minimum Gasteiger partial charge on any atom is -0.396 e. The fourth-order valence-corrected chi connectivity index (χ4v) is 2.03. The van der Waals surface area contributed by atoms with Crippen molar-refractivity contribution in [1.82, 2.24) is 5.32 Å². The Balaban J connectivity index is 2.57. The van der Waals surface area contributed by atoms with Gasteiger partial charge in [-0.25, -0.2) is 0 Å². The molecule has 0 amide bonds. The fourth-order valence-electron chi connectivity index (χ4n) is 2.03. The second kappa shape index (κ2) is 3.55. The van der Waals surface area contributed by atoms with Gasteiger partial charge in [0.1, 0.15) is 0 Å². The van der Waals surface area contributed by atoms with Crippen molar-refractivity contribution in [2.45, 2.75) is 38.1 Å². The highest BCUT2D eigenvalue weighted by atomic mass is 16.3. The second-order valence-electron chi connectivity index (χ2n) is 3.79. The third-order valence-electron chi connectivity index (χ3n) is 3.19. The Labute approximate surface area is 69.0 Å². The molecule has 2 heteroatoms. The van der Waals surface area contributed by atoms with Crippen LogP contribution in [0.1, 0.15) is 32.6 Å². The van der Waals surface area contributed by atoms with Crippen molar-refractivity contribution in [3.05, 3.63) is 0 Å². The van der Waals surface area contributed by atoms with Crippen LogP contribution in [-0.4, -0.2) is 24.3 Å². The van der Waals surface area contributed by atoms with E-state index in [0.717, 1.165) is 0 Å². The molecule has 0 radical (unpaired) electrons. The van der Waals surface area contributed by atoms with Crippen LogP contribution in [0, 0.1) is 5.92 Å². The molecule has 0 aromatic carbocycles. The number of hydrogen-bond donors (Lipinski definition) is 2. The molecule has 1 aliphatic rings. The third kappa shape index (κ3) is 1.74. The molecule has 1 fully saturated rings. The average Bonchev–Trinajstić information content (AvgIpc) is 2.05. The number of nitrogens with one attached hydrogen (secondary N) is 1. The molecule has 0 heterocycles. The summed E-state index contributed by atoms with van der Waals surface area (Å²) in [6.07, 6.45) is 4.96. The van der Waals surface area contributed by atoms with E-state index in [0.29, 0.717) is 12.5 Å². The van der Waals surface area contributed by atoms with Gasteiger partial charge in [0.15, 0.2) is 0 Å². The van der Waals surface area contributed by atoms with Gasteiger partial charge < -0.3 is 10.4 Å². The predicted octanol–water partition coefficient (Wildman–Crippen LogP) is 1.15. The Bertz CT molecular complexity index is 127. The molecule has 2 atom stereocenters. The van der Waals surface area contributed by atoms with E-state index in [4.69, 9.17) is 5.11 Å². The van der Waals surface area contributed by atoms with E-state index in [1.807, 2.05) is 7.05 Å².